The highest BCUT2D eigenvalue weighted by Gasteiger charge is 2.66. The molecule has 3 aliphatic rings. The molecular weight excluding hydrogens is 590 g/mol. The smallest absolute Gasteiger partial charge is 0.269 e. The highest BCUT2D eigenvalue weighted by Crippen LogP contribution is 2.60. The average Bonchev–Trinajstić information content (AvgIpc) is 3.66. The minimum absolute atomic E-state index is 0.0822. The van der Waals surface area contributed by atoms with Crippen molar-refractivity contribution in [1.29, 1.82) is 0 Å². The molecule has 3 aromatic rings. The van der Waals surface area contributed by atoms with Gasteiger partial charge in [-0.3, -0.25) is 19.7 Å². The van der Waals surface area contributed by atoms with Crippen LogP contribution in [0.3, 0.4) is 0 Å². The predicted molar refractivity (Wildman–Crippen MR) is 174 cm³/mol. The van der Waals surface area contributed by atoms with Gasteiger partial charge >= 0.3 is 0 Å². The molecule has 3 aromatic carbocycles. The Labute approximate surface area is 263 Å². The first-order valence-corrected chi connectivity index (χ1v) is 18.5. The third kappa shape index (κ3) is 5.03. The molecule has 11 heteroatoms. The number of anilines is 2. The third-order valence-electron chi connectivity index (χ3n) is 10.1. The van der Waals surface area contributed by atoms with E-state index >= 15 is 0 Å². The topological polar surface area (TPSA) is 122 Å². The van der Waals surface area contributed by atoms with Crippen LogP contribution in [-0.4, -0.2) is 56.3 Å². The fourth-order valence-corrected chi connectivity index (χ4v) is 12.0. The predicted octanol–water partition coefficient (Wildman–Crippen LogP) is 4.88. The van der Waals surface area contributed by atoms with Gasteiger partial charge in [0.25, 0.3) is 11.6 Å². The summed E-state index contributed by atoms with van der Waals surface area (Å²) in [4.78, 5) is 42.2. The second-order valence-corrected chi connectivity index (χ2v) is 17.5. The fourth-order valence-electron chi connectivity index (χ4n) is 7.90. The average molecular weight is 630 g/mol. The van der Waals surface area contributed by atoms with Crippen LogP contribution in [0, 0.1) is 16.0 Å². The van der Waals surface area contributed by atoms with Crippen LogP contribution in [0.2, 0.25) is 18.6 Å². The molecule has 236 valence electrons. The number of benzene rings is 3. The summed E-state index contributed by atoms with van der Waals surface area (Å²) >= 11 is 0. The molecule has 2 fully saturated rings. The number of nitro benzene ring substituents is 1. The van der Waals surface area contributed by atoms with E-state index in [1.54, 1.807) is 23.0 Å². The summed E-state index contributed by atoms with van der Waals surface area (Å²) in [5.74, 6) is 0.227. The summed E-state index contributed by atoms with van der Waals surface area (Å²) in [6, 6.07) is 20.2. The van der Waals surface area contributed by atoms with Gasteiger partial charge in [0, 0.05) is 48.9 Å². The van der Waals surface area contributed by atoms with Gasteiger partial charge in [0.15, 0.2) is 5.60 Å². The molecule has 3 heterocycles. The quantitative estimate of drug-likeness (QED) is 0.204. The van der Waals surface area contributed by atoms with Crippen molar-refractivity contribution in [3.8, 4) is 5.75 Å². The van der Waals surface area contributed by atoms with Crippen molar-refractivity contribution in [2.24, 2.45) is 5.92 Å². The van der Waals surface area contributed by atoms with Gasteiger partial charge < -0.3 is 24.4 Å². The van der Waals surface area contributed by atoms with E-state index in [4.69, 9.17) is 9.47 Å². The number of ether oxygens (including phenoxy) is 2. The van der Waals surface area contributed by atoms with E-state index in [0.29, 0.717) is 30.6 Å². The number of aliphatic hydroxyl groups excluding tert-OH is 1. The molecule has 0 bridgehead atoms. The molecule has 6 rings (SSSR count). The molecule has 0 aliphatic carbocycles. The molecule has 2 amide bonds. The van der Waals surface area contributed by atoms with Gasteiger partial charge in [0.1, 0.15) is 5.75 Å². The molecule has 0 saturated carbocycles. The van der Waals surface area contributed by atoms with Crippen LogP contribution >= 0.6 is 0 Å². The minimum Gasteiger partial charge on any atom is -0.497 e. The summed E-state index contributed by atoms with van der Waals surface area (Å²) in [7, 11) is -0.758. The van der Waals surface area contributed by atoms with Crippen molar-refractivity contribution in [3.63, 3.8) is 0 Å². The van der Waals surface area contributed by atoms with Crippen LogP contribution in [0.25, 0.3) is 0 Å². The van der Waals surface area contributed by atoms with Gasteiger partial charge in [-0.2, -0.15) is 0 Å². The molecule has 45 heavy (non-hydrogen) atoms. The monoisotopic (exact) mass is 629 g/mol. The molecule has 2 saturated heterocycles. The number of nitrogens with zero attached hydrogens (tertiary/aromatic N) is 3. The number of rotatable bonds is 9. The molecule has 0 unspecified atom stereocenters. The fraction of sp³-hybridized carbons (Fsp3) is 0.412. The maximum atomic E-state index is 14.8. The van der Waals surface area contributed by atoms with Crippen molar-refractivity contribution in [2.45, 2.75) is 63.1 Å². The number of hydrogen-bond donors (Lipinski definition) is 1. The minimum atomic E-state index is -2.38. The number of amides is 2. The number of hydrogen-bond acceptors (Lipinski definition) is 7. The Balaban J connectivity index is 1.43. The summed E-state index contributed by atoms with van der Waals surface area (Å²) in [5.41, 5.74) is 1.05. The molecule has 0 radical (unpaired) electrons. The highest BCUT2D eigenvalue weighted by molar-refractivity contribution is 6.91. The van der Waals surface area contributed by atoms with Gasteiger partial charge in [-0.25, -0.2) is 0 Å². The zero-order chi connectivity index (χ0) is 32.1. The van der Waals surface area contributed by atoms with E-state index < -0.39 is 24.7 Å². The van der Waals surface area contributed by atoms with Crippen LogP contribution in [0.1, 0.15) is 37.3 Å². The van der Waals surface area contributed by atoms with Gasteiger partial charge in [-0.15, -0.1) is 0 Å². The van der Waals surface area contributed by atoms with Gasteiger partial charge in [0.2, 0.25) is 5.91 Å². The Morgan fingerprint density at radius 1 is 1.11 bits per heavy atom. The third-order valence-corrected chi connectivity index (χ3v) is 14.4. The van der Waals surface area contributed by atoms with Gasteiger partial charge in [0.05, 0.1) is 38.4 Å². The van der Waals surface area contributed by atoms with E-state index in [-0.39, 0.29) is 42.1 Å². The SMILES string of the molecule is COc1ccc([Si](C)(C)[C@H]2[C@H](CCO)O[C@@]3(C(=O)N(Cc4cccc(N5CCCC5=O)c4)c4ccc([N+](=O)[O-])cc43)[C@@H]2C)cc1. The Hall–Kier alpha value is -4.06. The molecule has 1 N–H and O–H groups in total. The number of carbonyl (C=O) groups excluding carboxylic acids is 2. The Morgan fingerprint density at radius 2 is 1.87 bits per heavy atom. The van der Waals surface area contributed by atoms with Crippen molar-refractivity contribution in [1.82, 2.24) is 0 Å². The first-order chi connectivity index (χ1) is 21.5. The van der Waals surface area contributed by atoms with Crippen molar-refractivity contribution in [2.75, 3.05) is 30.1 Å². The normalized spacial score (nSPS) is 24.5. The first kappa shape index (κ1) is 30.9. The van der Waals surface area contributed by atoms with E-state index in [9.17, 15) is 24.8 Å². The van der Waals surface area contributed by atoms with Crippen molar-refractivity contribution in [3.05, 3.63) is 88.0 Å². The maximum Gasteiger partial charge on any atom is 0.269 e. The van der Waals surface area contributed by atoms with Crippen LogP contribution in [0.15, 0.2) is 66.7 Å². The van der Waals surface area contributed by atoms with Crippen LogP contribution < -0.4 is 19.7 Å². The van der Waals surface area contributed by atoms with Crippen molar-refractivity contribution >= 4 is 42.1 Å². The second-order valence-electron chi connectivity index (χ2n) is 12.8. The number of nitro groups is 1. The molecule has 1 spiro atoms. The largest absolute Gasteiger partial charge is 0.497 e. The molecule has 4 atom stereocenters. The standard InChI is InChI=1S/C34H39N3O7Si/c1-22-32(45(3,4)27-13-11-26(43-2)12-14-27)30(16-18-38)44-34(22)28-20-25(37(41)42)10-15-29(28)36(33(34)40)21-23-7-5-8-24(19-23)35-17-6-9-31(35)39/h5,7-8,10-15,19-20,22,30,32,38H,6,9,16-18,21H2,1-4H3/t22-,30+,32-,34+/m1/s1. The number of non-ortho nitro benzene ring substituents is 1. The van der Waals surface area contributed by atoms with E-state index in [1.165, 1.54) is 17.3 Å². The van der Waals surface area contributed by atoms with Crippen LogP contribution in [0.4, 0.5) is 17.1 Å². The summed E-state index contributed by atoms with van der Waals surface area (Å²) in [6.07, 6.45) is 1.23. The van der Waals surface area contributed by atoms with E-state index in [2.05, 4.69) is 25.2 Å². The van der Waals surface area contributed by atoms with E-state index in [1.807, 2.05) is 43.3 Å². The van der Waals surface area contributed by atoms with Crippen LogP contribution in [0.5, 0.6) is 5.75 Å². The second kappa shape index (κ2) is 11.7. The molecule has 0 aromatic heterocycles. The molecular formula is C34H39N3O7Si. The Morgan fingerprint density at radius 3 is 2.51 bits per heavy atom. The van der Waals surface area contributed by atoms with Gasteiger partial charge in [-0.1, -0.05) is 49.5 Å². The lowest BCUT2D eigenvalue weighted by Gasteiger charge is -2.37. The lowest BCUT2D eigenvalue weighted by molar-refractivity contribution is -0.385. The Kier molecular flexibility index (Phi) is 8.04. The van der Waals surface area contributed by atoms with Crippen LogP contribution in [-0.2, 0) is 26.5 Å². The maximum absolute atomic E-state index is 14.8. The number of aliphatic hydroxyl groups is 1. The number of carbonyl (C=O) groups is 2. The zero-order valence-corrected chi connectivity index (χ0v) is 27.1. The van der Waals surface area contributed by atoms with Gasteiger partial charge in [-0.05, 0) is 54.3 Å². The number of methoxy groups -OCH3 is 1. The van der Waals surface area contributed by atoms with E-state index in [0.717, 1.165) is 23.4 Å². The molecule has 3 aliphatic heterocycles. The zero-order valence-electron chi connectivity index (χ0n) is 26.1. The summed E-state index contributed by atoms with van der Waals surface area (Å²) in [6.45, 7) is 7.28. The lowest BCUT2D eigenvalue weighted by atomic mass is 9.82. The Bertz CT molecular complexity index is 1640. The summed E-state index contributed by atoms with van der Waals surface area (Å²) < 4.78 is 12.3. The summed E-state index contributed by atoms with van der Waals surface area (Å²) in [5, 5.41) is 23.3. The lowest BCUT2D eigenvalue weighted by Crippen LogP contribution is -2.51. The first-order valence-electron chi connectivity index (χ1n) is 15.5. The molecule has 10 nitrogen and oxygen atoms in total. The highest BCUT2D eigenvalue weighted by atomic mass is 28.3. The van der Waals surface area contributed by atoms with Crippen molar-refractivity contribution < 1.29 is 29.1 Å². The number of fused-ring (bicyclic) bond motifs is 2.